The van der Waals surface area contributed by atoms with Gasteiger partial charge >= 0.3 is 0 Å². The summed E-state index contributed by atoms with van der Waals surface area (Å²) in [5.74, 6) is -1.08. The van der Waals surface area contributed by atoms with E-state index in [4.69, 9.17) is 33.7 Å². The summed E-state index contributed by atoms with van der Waals surface area (Å²) >= 11 is 13.8. The molecule has 0 aliphatic carbocycles. The third-order valence-corrected chi connectivity index (χ3v) is 9.79. The highest BCUT2D eigenvalue weighted by molar-refractivity contribution is 7.23. The average Bonchev–Trinajstić information content (AvgIpc) is 3.58. The number of nitrogen functional groups attached to an aromatic ring is 1. The predicted molar refractivity (Wildman–Crippen MR) is 155 cm³/mol. The van der Waals surface area contributed by atoms with E-state index in [9.17, 15) is 14.4 Å². The second-order valence-corrected chi connectivity index (χ2v) is 11.8. The Balaban J connectivity index is 1.57. The van der Waals surface area contributed by atoms with Crippen LogP contribution in [0.3, 0.4) is 0 Å². The van der Waals surface area contributed by atoms with Crippen LogP contribution in [0.2, 0.25) is 5.02 Å². The number of aliphatic imine (C=N–C) groups is 1. The molecule has 6 rings (SSSR count). The topological polar surface area (TPSA) is 94.9 Å². The summed E-state index contributed by atoms with van der Waals surface area (Å²) in [6.45, 7) is 5.85. The zero-order valence-corrected chi connectivity index (χ0v) is 23.7. The highest BCUT2D eigenvalue weighted by Gasteiger charge is 2.42. The summed E-state index contributed by atoms with van der Waals surface area (Å²) in [6, 6.07) is 4.67. The molecule has 2 aromatic carbocycles. The Morgan fingerprint density at radius 1 is 1.35 bits per heavy atom. The molecule has 2 unspecified atom stereocenters. The standard InChI is InChI=1S/C28H23Cl2F2N5O2S/c1-12-28(39-2)35-24-23(32)21(15-3-4-18(31)26-20(15)17(9-33)27(34)40-26)22(30)16-7-14(11-37(12)25(16)24)13-5-6-36(10-13)19(38)8-29/h3-4,13-14H,1,5-8,10-11,34H2,2H3. The van der Waals surface area contributed by atoms with Crippen molar-refractivity contribution in [3.8, 4) is 17.2 Å². The van der Waals surface area contributed by atoms with Crippen LogP contribution >= 0.6 is 34.5 Å². The van der Waals surface area contributed by atoms with Crippen molar-refractivity contribution in [2.24, 2.45) is 16.8 Å². The number of nitrogens with two attached hydrogens (primary N) is 1. The van der Waals surface area contributed by atoms with Gasteiger partial charge in [0.1, 0.15) is 28.5 Å². The number of hydrogen-bond acceptors (Lipinski definition) is 7. The lowest BCUT2D eigenvalue weighted by molar-refractivity contribution is -0.127. The number of nitrogens with zero attached hydrogens (tertiary/aromatic N) is 4. The molecule has 0 bridgehead atoms. The Labute approximate surface area is 243 Å². The van der Waals surface area contributed by atoms with Gasteiger partial charge in [-0.3, -0.25) is 4.79 Å². The summed E-state index contributed by atoms with van der Waals surface area (Å²) in [4.78, 5) is 20.4. The lowest BCUT2D eigenvalue weighted by atomic mass is 9.80. The Kier molecular flexibility index (Phi) is 6.64. The Morgan fingerprint density at radius 3 is 2.83 bits per heavy atom. The number of likely N-dealkylation sites (tertiary alicyclic amines) is 1. The van der Waals surface area contributed by atoms with Gasteiger partial charge in [-0.25, -0.2) is 13.8 Å². The highest BCUT2D eigenvalue weighted by Crippen LogP contribution is 2.54. The summed E-state index contributed by atoms with van der Waals surface area (Å²) in [5.41, 5.74) is 8.11. The quantitative estimate of drug-likeness (QED) is 0.359. The fourth-order valence-electron chi connectivity index (χ4n) is 6.18. The van der Waals surface area contributed by atoms with Gasteiger partial charge < -0.3 is 20.3 Å². The summed E-state index contributed by atoms with van der Waals surface area (Å²) in [7, 11) is 1.44. The molecular weight excluding hydrogens is 579 g/mol. The van der Waals surface area contributed by atoms with E-state index in [2.05, 4.69) is 11.6 Å². The van der Waals surface area contributed by atoms with Gasteiger partial charge in [0.05, 0.1) is 33.8 Å². The van der Waals surface area contributed by atoms with Crippen LogP contribution in [-0.4, -0.2) is 49.3 Å². The van der Waals surface area contributed by atoms with Crippen LogP contribution < -0.4 is 10.6 Å². The predicted octanol–water partition coefficient (Wildman–Crippen LogP) is 6.22. The third kappa shape index (κ3) is 3.86. The van der Waals surface area contributed by atoms with Gasteiger partial charge in [0, 0.05) is 30.6 Å². The molecule has 1 amide bonds. The number of amides is 1. The molecule has 7 nitrogen and oxygen atoms in total. The number of hydrogen-bond donors (Lipinski definition) is 1. The van der Waals surface area contributed by atoms with Crippen LogP contribution in [-0.2, 0) is 16.0 Å². The normalized spacial score (nSPS) is 20.0. The smallest absolute Gasteiger partial charge is 0.237 e. The number of carbonyl (C=O) groups is 1. The van der Waals surface area contributed by atoms with Crippen molar-refractivity contribution in [1.29, 1.82) is 5.26 Å². The van der Waals surface area contributed by atoms with Crippen molar-refractivity contribution in [2.45, 2.75) is 12.8 Å². The number of anilines is 2. The molecule has 206 valence electrons. The van der Waals surface area contributed by atoms with Crippen LogP contribution in [0.1, 0.15) is 17.5 Å². The maximum Gasteiger partial charge on any atom is 0.237 e. The molecule has 3 aliphatic heterocycles. The SMILES string of the molecule is C=C1C(OC)=Nc2c(F)c(-c3ccc(F)c4sc(N)c(C#N)c34)c(Cl)c3c2N1CC(C1CCN(C(=O)CCl)C1)C3. The number of alkyl halides is 1. The lowest BCUT2D eigenvalue weighted by Gasteiger charge is -2.42. The minimum Gasteiger partial charge on any atom is -0.480 e. The zero-order valence-electron chi connectivity index (χ0n) is 21.4. The van der Waals surface area contributed by atoms with Crippen molar-refractivity contribution < 1.29 is 18.3 Å². The first-order valence-electron chi connectivity index (χ1n) is 12.6. The minimum atomic E-state index is -0.712. The Morgan fingerprint density at radius 2 is 2.12 bits per heavy atom. The monoisotopic (exact) mass is 601 g/mol. The van der Waals surface area contributed by atoms with Crippen molar-refractivity contribution in [2.75, 3.05) is 43.3 Å². The number of nitriles is 1. The van der Waals surface area contributed by atoms with Crippen LogP contribution in [0.4, 0.5) is 25.2 Å². The molecule has 4 heterocycles. The number of fused-ring (bicyclic) bond motifs is 1. The van der Waals surface area contributed by atoms with Gasteiger partial charge in [0.25, 0.3) is 0 Å². The summed E-state index contributed by atoms with van der Waals surface area (Å²) < 4.78 is 37.0. The maximum absolute atomic E-state index is 16.5. The summed E-state index contributed by atoms with van der Waals surface area (Å²) in [5, 5.41) is 10.3. The first-order chi connectivity index (χ1) is 19.2. The van der Waals surface area contributed by atoms with Crippen LogP contribution in [0.5, 0.6) is 0 Å². The number of carbonyl (C=O) groups excluding carboxylic acids is 1. The van der Waals surface area contributed by atoms with Crippen LogP contribution in [0.15, 0.2) is 29.4 Å². The van der Waals surface area contributed by atoms with Crippen molar-refractivity contribution in [1.82, 2.24) is 4.90 Å². The largest absolute Gasteiger partial charge is 0.480 e. The van der Waals surface area contributed by atoms with Crippen LogP contribution in [0.25, 0.3) is 21.2 Å². The number of benzene rings is 2. The first kappa shape index (κ1) is 26.8. The van der Waals surface area contributed by atoms with Gasteiger partial charge in [-0.15, -0.1) is 22.9 Å². The van der Waals surface area contributed by atoms with E-state index >= 15 is 4.39 Å². The molecule has 1 fully saturated rings. The number of thiophene rings is 1. The molecule has 0 radical (unpaired) electrons. The van der Waals surface area contributed by atoms with E-state index in [1.165, 1.54) is 19.2 Å². The molecule has 40 heavy (non-hydrogen) atoms. The maximum atomic E-state index is 16.5. The second-order valence-electron chi connectivity index (χ2n) is 10.1. The van der Waals surface area contributed by atoms with Gasteiger partial charge in [0.15, 0.2) is 5.82 Å². The molecule has 1 aromatic heterocycles. The van der Waals surface area contributed by atoms with Gasteiger partial charge in [-0.05, 0) is 41.9 Å². The van der Waals surface area contributed by atoms with E-state index in [1.54, 1.807) is 4.90 Å². The molecular formula is C28H23Cl2F2N5O2S. The molecule has 2 N–H and O–H groups in total. The van der Waals surface area contributed by atoms with Crippen LogP contribution in [0, 0.1) is 34.8 Å². The molecule has 0 saturated carbocycles. The molecule has 12 heteroatoms. The molecule has 3 aromatic rings. The molecule has 2 atom stereocenters. The highest BCUT2D eigenvalue weighted by atomic mass is 35.5. The first-order valence-corrected chi connectivity index (χ1v) is 14.3. The van der Waals surface area contributed by atoms with E-state index < -0.39 is 11.6 Å². The van der Waals surface area contributed by atoms with Gasteiger partial charge in [-0.1, -0.05) is 24.2 Å². The van der Waals surface area contributed by atoms with E-state index in [1.807, 2.05) is 11.0 Å². The second kappa shape index (κ2) is 9.91. The lowest BCUT2D eigenvalue weighted by Crippen LogP contribution is -2.42. The average molecular weight is 602 g/mol. The number of halogens is 4. The number of methoxy groups -OCH3 is 1. The zero-order chi connectivity index (χ0) is 28.5. The Bertz CT molecular complexity index is 1700. The van der Waals surface area contributed by atoms with Crippen molar-refractivity contribution in [3.05, 3.63) is 52.2 Å². The number of ether oxygens (including phenoxy) is 1. The van der Waals surface area contributed by atoms with E-state index in [0.717, 1.165) is 17.8 Å². The van der Waals surface area contributed by atoms with E-state index in [-0.39, 0.29) is 72.0 Å². The fourth-order valence-corrected chi connectivity index (χ4v) is 7.65. The fraction of sp³-hybridized carbons (Fsp3) is 0.321. The molecule has 1 saturated heterocycles. The number of rotatable bonds is 3. The van der Waals surface area contributed by atoms with Crippen molar-refractivity contribution >= 4 is 72.8 Å². The molecule has 0 spiro atoms. The summed E-state index contributed by atoms with van der Waals surface area (Å²) in [6.07, 6.45) is 1.30. The van der Waals surface area contributed by atoms with E-state index in [0.29, 0.717) is 43.0 Å². The van der Waals surface area contributed by atoms with Crippen molar-refractivity contribution in [3.63, 3.8) is 0 Å². The Hall–Kier alpha value is -3.39. The third-order valence-electron chi connectivity index (χ3n) is 8.11. The van der Waals surface area contributed by atoms with Gasteiger partial charge in [0.2, 0.25) is 11.8 Å². The minimum absolute atomic E-state index is 0.0207. The van der Waals surface area contributed by atoms with Gasteiger partial charge in [-0.2, -0.15) is 5.26 Å². The molecule has 3 aliphatic rings.